The fourth-order valence-corrected chi connectivity index (χ4v) is 4.19. The number of fused-ring (bicyclic) bond motifs is 6. The van der Waals surface area contributed by atoms with E-state index in [1.165, 1.54) is 0 Å². The van der Waals surface area contributed by atoms with Gasteiger partial charge in [-0.05, 0) is 35.7 Å². The molecule has 1 fully saturated rings. The normalized spacial score (nSPS) is 26.3. The Morgan fingerprint density at radius 3 is 2.40 bits per heavy atom. The molecular formula is C22H18O3. The van der Waals surface area contributed by atoms with Gasteiger partial charge in [0.2, 0.25) is 11.9 Å². The van der Waals surface area contributed by atoms with Crippen molar-refractivity contribution in [3.63, 3.8) is 0 Å². The van der Waals surface area contributed by atoms with Crippen LogP contribution in [0.1, 0.15) is 30.5 Å². The molecule has 25 heavy (non-hydrogen) atoms. The molecule has 3 aromatic carbocycles. The Morgan fingerprint density at radius 1 is 0.880 bits per heavy atom. The van der Waals surface area contributed by atoms with Gasteiger partial charge in [-0.3, -0.25) is 0 Å². The first kappa shape index (κ1) is 14.7. The summed E-state index contributed by atoms with van der Waals surface area (Å²) in [6, 6.07) is 22.0. The maximum absolute atomic E-state index is 13.1. The highest BCUT2D eigenvalue weighted by atomic mass is 16.8. The number of carbonyl (C=O) groups is 1. The molecule has 0 radical (unpaired) electrons. The van der Waals surface area contributed by atoms with E-state index in [4.69, 9.17) is 9.47 Å². The van der Waals surface area contributed by atoms with E-state index in [9.17, 15) is 4.79 Å². The van der Waals surface area contributed by atoms with Crippen molar-refractivity contribution in [3.8, 4) is 0 Å². The zero-order valence-electron chi connectivity index (χ0n) is 14.2. The summed E-state index contributed by atoms with van der Waals surface area (Å²) in [6.45, 7) is 4.14. The average molecular weight is 330 g/mol. The minimum absolute atomic E-state index is 0.327. The van der Waals surface area contributed by atoms with Gasteiger partial charge in [-0.15, -0.1) is 0 Å². The molecule has 3 aromatic rings. The van der Waals surface area contributed by atoms with Crippen LogP contribution in [0.2, 0.25) is 0 Å². The van der Waals surface area contributed by atoms with Gasteiger partial charge in [-0.1, -0.05) is 66.7 Å². The highest BCUT2D eigenvalue weighted by molar-refractivity contribution is 5.98. The van der Waals surface area contributed by atoms with E-state index in [1.54, 1.807) is 0 Å². The van der Waals surface area contributed by atoms with Crippen LogP contribution in [0.15, 0.2) is 66.7 Å². The highest BCUT2D eigenvalue weighted by Crippen LogP contribution is 2.55. The third kappa shape index (κ3) is 1.71. The first-order valence-electron chi connectivity index (χ1n) is 8.52. The van der Waals surface area contributed by atoms with Crippen molar-refractivity contribution in [3.05, 3.63) is 83.4 Å². The van der Waals surface area contributed by atoms with Crippen LogP contribution < -0.4 is 0 Å². The van der Waals surface area contributed by atoms with Crippen molar-refractivity contribution in [2.24, 2.45) is 0 Å². The fourth-order valence-electron chi connectivity index (χ4n) is 4.19. The summed E-state index contributed by atoms with van der Waals surface area (Å²) < 4.78 is 12.1. The van der Waals surface area contributed by atoms with Crippen LogP contribution in [-0.2, 0) is 25.3 Å². The molecule has 2 atom stereocenters. The molecule has 3 heteroatoms. The summed E-state index contributed by atoms with van der Waals surface area (Å²) in [6.07, 6.45) is -0.589. The SMILES string of the molecule is CC1(C)c2ccc3ccccc3c2C2(c3ccccc3)OC1OC2=O. The van der Waals surface area contributed by atoms with Crippen molar-refractivity contribution in [1.29, 1.82) is 0 Å². The van der Waals surface area contributed by atoms with E-state index >= 15 is 0 Å². The van der Waals surface area contributed by atoms with E-state index in [0.29, 0.717) is 0 Å². The number of benzene rings is 3. The van der Waals surface area contributed by atoms with E-state index in [0.717, 1.165) is 27.5 Å². The number of ether oxygens (including phenoxy) is 2. The maximum atomic E-state index is 13.1. The molecule has 2 aliphatic heterocycles. The number of esters is 1. The van der Waals surface area contributed by atoms with E-state index < -0.39 is 17.3 Å². The van der Waals surface area contributed by atoms with Crippen molar-refractivity contribution < 1.29 is 14.3 Å². The smallest absolute Gasteiger partial charge is 0.350 e. The van der Waals surface area contributed by atoms with Gasteiger partial charge in [-0.2, -0.15) is 0 Å². The lowest BCUT2D eigenvalue weighted by Gasteiger charge is -2.40. The minimum Gasteiger partial charge on any atom is -0.432 e. The number of carbonyl (C=O) groups excluding carboxylic acids is 1. The van der Waals surface area contributed by atoms with Crippen LogP contribution in [0.3, 0.4) is 0 Å². The van der Waals surface area contributed by atoms with Gasteiger partial charge < -0.3 is 9.47 Å². The van der Waals surface area contributed by atoms with Crippen molar-refractivity contribution in [1.82, 2.24) is 0 Å². The van der Waals surface area contributed by atoms with Crippen LogP contribution in [0.4, 0.5) is 0 Å². The second-order valence-corrected chi connectivity index (χ2v) is 7.33. The molecule has 2 bridgehead atoms. The van der Waals surface area contributed by atoms with Crippen LogP contribution >= 0.6 is 0 Å². The quantitative estimate of drug-likeness (QED) is 0.625. The van der Waals surface area contributed by atoms with Gasteiger partial charge in [-0.25, -0.2) is 4.79 Å². The molecule has 2 heterocycles. The topological polar surface area (TPSA) is 35.5 Å². The van der Waals surface area contributed by atoms with Gasteiger partial charge in [0.15, 0.2) is 0 Å². The Hall–Kier alpha value is -2.65. The largest absolute Gasteiger partial charge is 0.432 e. The van der Waals surface area contributed by atoms with Gasteiger partial charge in [0.05, 0.1) is 5.41 Å². The first-order chi connectivity index (χ1) is 12.0. The summed E-state index contributed by atoms with van der Waals surface area (Å²) in [7, 11) is 0. The minimum atomic E-state index is -1.20. The van der Waals surface area contributed by atoms with Gasteiger partial charge in [0, 0.05) is 5.56 Å². The molecule has 0 N–H and O–H groups in total. The van der Waals surface area contributed by atoms with E-state index in [2.05, 4.69) is 38.1 Å². The van der Waals surface area contributed by atoms with Gasteiger partial charge >= 0.3 is 5.97 Å². The molecule has 0 spiro atoms. The molecule has 124 valence electrons. The number of rotatable bonds is 1. The summed E-state index contributed by atoms with van der Waals surface area (Å²) in [5.41, 5.74) is 1.23. The fraction of sp³-hybridized carbons (Fsp3) is 0.227. The first-order valence-corrected chi connectivity index (χ1v) is 8.52. The zero-order valence-corrected chi connectivity index (χ0v) is 14.2. The number of hydrogen-bond donors (Lipinski definition) is 0. The van der Waals surface area contributed by atoms with Crippen LogP contribution in [0.25, 0.3) is 10.8 Å². The van der Waals surface area contributed by atoms with Crippen molar-refractivity contribution in [2.75, 3.05) is 0 Å². The second kappa shape index (κ2) is 4.70. The van der Waals surface area contributed by atoms with Crippen LogP contribution in [0.5, 0.6) is 0 Å². The lowest BCUT2D eigenvalue weighted by molar-refractivity contribution is -0.149. The van der Waals surface area contributed by atoms with Crippen LogP contribution in [-0.4, -0.2) is 12.3 Å². The monoisotopic (exact) mass is 330 g/mol. The summed E-state index contributed by atoms with van der Waals surface area (Å²) in [5, 5.41) is 2.13. The predicted octanol–water partition coefficient (Wildman–Crippen LogP) is 4.27. The molecule has 0 amide bonds. The van der Waals surface area contributed by atoms with E-state index in [-0.39, 0.29) is 5.97 Å². The molecule has 3 nitrogen and oxygen atoms in total. The third-order valence-electron chi connectivity index (χ3n) is 5.53. The van der Waals surface area contributed by atoms with Crippen LogP contribution in [0, 0.1) is 0 Å². The molecule has 2 unspecified atom stereocenters. The number of hydrogen-bond acceptors (Lipinski definition) is 3. The highest BCUT2D eigenvalue weighted by Gasteiger charge is 2.63. The maximum Gasteiger partial charge on any atom is 0.350 e. The summed E-state index contributed by atoms with van der Waals surface area (Å²) in [4.78, 5) is 13.1. The van der Waals surface area contributed by atoms with E-state index in [1.807, 2.05) is 42.5 Å². The lowest BCUT2D eigenvalue weighted by atomic mass is 9.71. The Balaban J connectivity index is 1.96. The Bertz CT molecular complexity index is 1010. The molecule has 0 aromatic heterocycles. The zero-order chi connectivity index (χ0) is 17.2. The standard InChI is InChI=1S/C22H18O3/c1-21(2)17-13-12-14-8-6-7-11-16(14)18(17)22(15-9-4-3-5-10-15)19(23)24-20(21)25-22/h3-13,20H,1-2H3. The molecule has 2 aliphatic rings. The molecular weight excluding hydrogens is 312 g/mol. The summed E-state index contributed by atoms with van der Waals surface area (Å²) >= 11 is 0. The Morgan fingerprint density at radius 2 is 1.60 bits per heavy atom. The third-order valence-corrected chi connectivity index (χ3v) is 5.53. The average Bonchev–Trinajstić information content (AvgIpc) is 2.97. The van der Waals surface area contributed by atoms with Crippen molar-refractivity contribution in [2.45, 2.75) is 31.2 Å². The van der Waals surface area contributed by atoms with Crippen molar-refractivity contribution >= 4 is 16.7 Å². The molecule has 0 saturated carbocycles. The summed E-state index contributed by atoms with van der Waals surface area (Å²) in [5.74, 6) is -0.327. The Kier molecular flexibility index (Phi) is 2.76. The van der Waals surface area contributed by atoms with Gasteiger partial charge in [0.1, 0.15) is 0 Å². The second-order valence-electron chi connectivity index (χ2n) is 7.33. The lowest BCUT2D eigenvalue weighted by Crippen LogP contribution is -2.45. The Labute approximate surface area is 146 Å². The predicted molar refractivity (Wildman–Crippen MR) is 95.2 cm³/mol. The molecule has 5 rings (SSSR count). The molecule has 1 saturated heterocycles. The van der Waals surface area contributed by atoms with Gasteiger partial charge in [0.25, 0.3) is 0 Å². The molecule has 0 aliphatic carbocycles.